The molecule has 0 spiro atoms. The molecule has 0 unspecified atom stereocenters. The first-order chi connectivity index (χ1) is 11.5. The van der Waals surface area contributed by atoms with E-state index in [2.05, 4.69) is 27.0 Å². The first-order valence-corrected chi connectivity index (χ1v) is 8.69. The molecule has 0 atom stereocenters. The zero-order chi connectivity index (χ0) is 17.1. The van der Waals surface area contributed by atoms with E-state index in [1.165, 1.54) is 23.7 Å². The number of nitrogens with zero attached hydrogens (tertiary/aromatic N) is 3. The molecule has 0 bridgehead atoms. The molecule has 6 nitrogen and oxygen atoms in total. The summed E-state index contributed by atoms with van der Waals surface area (Å²) in [5, 5.41) is 9.83. The number of benzene rings is 1. The van der Waals surface area contributed by atoms with Gasteiger partial charge in [0, 0.05) is 18.0 Å². The fourth-order valence-corrected chi connectivity index (χ4v) is 3.56. The monoisotopic (exact) mass is 344 g/mol. The maximum absolute atomic E-state index is 11.1. The quantitative estimate of drug-likeness (QED) is 0.824. The van der Waals surface area contributed by atoms with E-state index in [4.69, 9.17) is 10.8 Å². The molecule has 1 aliphatic rings. The zero-order valence-corrected chi connectivity index (χ0v) is 14.3. The summed E-state index contributed by atoms with van der Waals surface area (Å²) >= 11 is 1.51. The zero-order valence-electron chi connectivity index (χ0n) is 13.5. The topological polar surface area (TPSA) is 92.3 Å². The molecule has 0 radical (unpaired) electrons. The van der Waals surface area contributed by atoms with Gasteiger partial charge in [0.2, 0.25) is 0 Å². The molecule has 1 aromatic carbocycles. The number of hydrogen-bond acceptors (Lipinski definition) is 6. The summed E-state index contributed by atoms with van der Waals surface area (Å²) in [7, 11) is 0. The van der Waals surface area contributed by atoms with Crippen molar-refractivity contribution in [2.45, 2.75) is 29.7 Å². The molecule has 1 aliphatic heterocycles. The molecule has 2 aromatic rings. The summed E-state index contributed by atoms with van der Waals surface area (Å²) in [5.74, 6) is -0.296. The summed E-state index contributed by atoms with van der Waals surface area (Å²) in [5.41, 5.74) is 8.04. The minimum atomic E-state index is -0.721. The lowest BCUT2D eigenvalue weighted by molar-refractivity contribution is -0.142. The van der Waals surface area contributed by atoms with Gasteiger partial charge in [-0.2, -0.15) is 0 Å². The highest BCUT2D eigenvalue weighted by Crippen LogP contribution is 2.35. The van der Waals surface area contributed by atoms with Crippen LogP contribution in [0.3, 0.4) is 0 Å². The van der Waals surface area contributed by atoms with Gasteiger partial charge in [-0.25, -0.2) is 9.97 Å². The van der Waals surface area contributed by atoms with Crippen molar-refractivity contribution < 1.29 is 9.90 Å². The van der Waals surface area contributed by atoms with Crippen LogP contribution in [0.5, 0.6) is 0 Å². The van der Waals surface area contributed by atoms with Gasteiger partial charge in [-0.3, -0.25) is 4.79 Å². The van der Waals surface area contributed by atoms with E-state index in [0.717, 1.165) is 9.92 Å². The maximum Gasteiger partial charge on any atom is 0.306 e. The summed E-state index contributed by atoms with van der Waals surface area (Å²) < 4.78 is 0. The normalized spacial score (nSPS) is 15.5. The van der Waals surface area contributed by atoms with Crippen molar-refractivity contribution in [3.8, 4) is 0 Å². The Morgan fingerprint density at radius 1 is 1.25 bits per heavy atom. The number of carboxylic acids is 1. The van der Waals surface area contributed by atoms with Crippen LogP contribution < -0.4 is 10.6 Å². The van der Waals surface area contributed by atoms with E-state index in [9.17, 15) is 4.79 Å². The Morgan fingerprint density at radius 3 is 2.54 bits per heavy atom. The Labute approximate surface area is 145 Å². The van der Waals surface area contributed by atoms with E-state index in [-0.39, 0.29) is 5.92 Å². The van der Waals surface area contributed by atoms with Crippen LogP contribution in [0, 0.1) is 12.8 Å². The molecule has 1 fully saturated rings. The second-order valence-electron chi connectivity index (χ2n) is 5.93. The predicted molar refractivity (Wildman–Crippen MR) is 94.3 cm³/mol. The van der Waals surface area contributed by atoms with Crippen molar-refractivity contribution in [2.24, 2.45) is 5.92 Å². The Kier molecular flexibility index (Phi) is 4.89. The predicted octanol–water partition coefficient (Wildman–Crippen LogP) is 2.82. The third kappa shape index (κ3) is 3.62. The fraction of sp³-hybridized carbons (Fsp3) is 0.353. The van der Waals surface area contributed by atoms with Crippen LogP contribution in [0.2, 0.25) is 0 Å². The van der Waals surface area contributed by atoms with Crippen molar-refractivity contribution >= 4 is 29.2 Å². The van der Waals surface area contributed by atoms with Crippen molar-refractivity contribution in [1.29, 1.82) is 0 Å². The van der Waals surface area contributed by atoms with Crippen LogP contribution in [-0.2, 0) is 4.79 Å². The number of aromatic nitrogens is 2. The highest BCUT2D eigenvalue weighted by atomic mass is 32.2. The summed E-state index contributed by atoms with van der Waals surface area (Å²) in [6, 6.07) is 8.19. The highest BCUT2D eigenvalue weighted by molar-refractivity contribution is 7.99. The molecule has 2 heterocycles. The van der Waals surface area contributed by atoms with Gasteiger partial charge in [0.05, 0.1) is 5.92 Å². The van der Waals surface area contributed by atoms with Crippen LogP contribution in [0.4, 0.5) is 11.5 Å². The molecule has 126 valence electrons. The van der Waals surface area contributed by atoms with Gasteiger partial charge in [-0.15, -0.1) is 0 Å². The molecule has 1 aromatic heterocycles. The molecule has 0 aliphatic carbocycles. The van der Waals surface area contributed by atoms with Gasteiger partial charge < -0.3 is 15.7 Å². The second kappa shape index (κ2) is 7.09. The molecule has 0 saturated carbocycles. The molecular formula is C17H20N4O2S. The first kappa shape index (κ1) is 16.6. The number of nitrogens with two attached hydrogens (primary N) is 1. The molecule has 0 amide bonds. The Hall–Kier alpha value is -2.28. The van der Waals surface area contributed by atoms with E-state index in [1.54, 1.807) is 0 Å². The highest BCUT2D eigenvalue weighted by Gasteiger charge is 2.26. The summed E-state index contributed by atoms with van der Waals surface area (Å²) in [6.07, 6.45) is 2.74. The number of aryl methyl sites for hydroxylation is 1. The van der Waals surface area contributed by atoms with Crippen molar-refractivity contribution in [3.05, 3.63) is 36.2 Å². The Bertz CT molecular complexity index is 728. The van der Waals surface area contributed by atoms with E-state index >= 15 is 0 Å². The lowest BCUT2D eigenvalue weighted by Crippen LogP contribution is -2.37. The largest absolute Gasteiger partial charge is 0.481 e. The van der Waals surface area contributed by atoms with Gasteiger partial charge in [-0.05, 0) is 31.9 Å². The number of anilines is 2. The minimum absolute atomic E-state index is 0.272. The van der Waals surface area contributed by atoms with E-state index < -0.39 is 5.97 Å². The number of carboxylic acid groups (broad SMARTS) is 1. The SMILES string of the molecule is Cc1ccc(Sc2ncnc(N3CCC(C(=O)O)CC3)c2N)cc1. The maximum atomic E-state index is 11.1. The van der Waals surface area contributed by atoms with Crippen LogP contribution in [0.1, 0.15) is 18.4 Å². The molecule has 3 N–H and O–H groups in total. The van der Waals surface area contributed by atoms with Gasteiger partial charge in [0.15, 0.2) is 5.82 Å². The number of aliphatic carboxylic acids is 1. The van der Waals surface area contributed by atoms with Gasteiger partial charge in [-0.1, -0.05) is 29.5 Å². The smallest absolute Gasteiger partial charge is 0.306 e. The molecule has 24 heavy (non-hydrogen) atoms. The first-order valence-electron chi connectivity index (χ1n) is 7.87. The molecule has 1 saturated heterocycles. The van der Waals surface area contributed by atoms with Crippen molar-refractivity contribution in [1.82, 2.24) is 9.97 Å². The molecule has 3 rings (SSSR count). The summed E-state index contributed by atoms with van der Waals surface area (Å²) in [6.45, 7) is 3.34. The number of rotatable bonds is 4. The van der Waals surface area contributed by atoms with Crippen LogP contribution >= 0.6 is 11.8 Å². The van der Waals surface area contributed by atoms with Crippen LogP contribution in [-0.4, -0.2) is 34.1 Å². The van der Waals surface area contributed by atoms with Gasteiger partial charge in [0.1, 0.15) is 17.0 Å². The minimum Gasteiger partial charge on any atom is -0.481 e. The summed E-state index contributed by atoms with van der Waals surface area (Å²) in [4.78, 5) is 22.8. The second-order valence-corrected chi connectivity index (χ2v) is 6.99. The third-order valence-corrected chi connectivity index (χ3v) is 5.23. The molecular weight excluding hydrogens is 324 g/mol. The average molecular weight is 344 g/mol. The van der Waals surface area contributed by atoms with Crippen LogP contribution in [0.15, 0.2) is 40.5 Å². The standard InChI is InChI=1S/C17H20N4O2S/c1-11-2-4-13(5-3-11)24-16-14(18)15(19-10-20-16)21-8-6-12(7-9-21)17(22)23/h2-5,10,12H,6-9,18H2,1H3,(H,22,23). The van der Waals surface area contributed by atoms with Crippen molar-refractivity contribution in [2.75, 3.05) is 23.7 Å². The lowest BCUT2D eigenvalue weighted by atomic mass is 9.97. The van der Waals surface area contributed by atoms with Gasteiger partial charge in [0.25, 0.3) is 0 Å². The van der Waals surface area contributed by atoms with Crippen molar-refractivity contribution in [3.63, 3.8) is 0 Å². The van der Waals surface area contributed by atoms with Crippen LogP contribution in [0.25, 0.3) is 0 Å². The number of carbonyl (C=O) groups is 1. The average Bonchev–Trinajstić information content (AvgIpc) is 2.59. The Morgan fingerprint density at radius 2 is 1.92 bits per heavy atom. The lowest BCUT2D eigenvalue weighted by Gasteiger charge is -2.31. The molecule has 7 heteroatoms. The number of nitrogen functional groups attached to an aromatic ring is 1. The third-order valence-electron chi connectivity index (χ3n) is 4.21. The number of piperidine rings is 1. The van der Waals surface area contributed by atoms with Gasteiger partial charge >= 0.3 is 5.97 Å². The van der Waals surface area contributed by atoms with E-state index in [1.807, 2.05) is 19.1 Å². The van der Waals surface area contributed by atoms with E-state index in [0.29, 0.717) is 37.4 Å². The fourth-order valence-electron chi connectivity index (χ4n) is 2.76. The Balaban J connectivity index is 1.76. The number of hydrogen-bond donors (Lipinski definition) is 2.